The molecule has 0 nitrogen and oxygen atoms in total. The van der Waals surface area contributed by atoms with E-state index in [1.807, 2.05) is 0 Å². The van der Waals surface area contributed by atoms with E-state index in [2.05, 4.69) is 39.0 Å². The van der Waals surface area contributed by atoms with E-state index in [1.54, 1.807) is 5.57 Å². The molecule has 88 valence electrons. The molecular weight excluding hydrogens is 180 g/mol. The zero-order valence-corrected chi connectivity index (χ0v) is 10.9. The van der Waals surface area contributed by atoms with Crippen molar-refractivity contribution < 1.29 is 0 Å². The van der Waals surface area contributed by atoms with Gasteiger partial charge in [-0.05, 0) is 32.6 Å². The molecule has 0 aliphatic rings. The molecule has 0 aromatic carbocycles. The maximum absolute atomic E-state index is 2.32. The van der Waals surface area contributed by atoms with Crippen molar-refractivity contribution in [1.29, 1.82) is 0 Å². The molecule has 0 N–H and O–H groups in total. The van der Waals surface area contributed by atoms with Crippen molar-refractivity contribution in [2.45, 2.75) is 72.1 Å². The third-order valence-electron chi connectivity index (χ3n) is 2.73. The predicted octanol–water partition coefficient (Wildman–Crippen LogP) is 5.65. The summed E-state index contributed by atoms with van der Waals surface area (Å²) in [5.41, 5.74) is 1.65. The molecule has 0 atom stereocenters. The first-order valence-electron chi connectivity index (χ1n) is 6.65. The Bertz CT molecular complexity index is 162. The molecule has 0 heterocycles. The van der Waals surface area contributed by atoms with E-state index in [0.717, 1.165) is 0 Å². The first-order valence-corrected chi connectivity index (χ1v) is 6.65. The highest BCUT2D eigenvalue weighted by molar-refractivity contribution is 5.12. The molecule has 0 spiro atoms. The Labute approximate surface area is 96.5 Å². The molecule has 0 heteroatoms. The van der Waals surface area contributed by atoms with Crippen molar-refractivity contribution in [3.63, 3.8) is 0 Å². The van der Waals surface area contributed by atoms with E-state index in [4.69, 9.17) is 0 Å². The second kappa shape index (κ2) is 11.6. The largest absolute Gasteiger partial charge is 0.0877 e. The lowest BCUT2D eigenvalue weighted by Crippen LogP contribution is -1.86. The van der Waals surface area contributed by atoms with Crippen molar-refractivity contribution in [3.05, 3.63) is 23.8 Å². The standard InChI is InChI=1S/C15H28/c1-4-7-10-13-15(12-9-6-3)14-11-8-5-2/h6,9,12H,4-5,7-8,10-11,13-14H2,1-3H3. The van der Waals surface area contributed by atoms with Crippen LogP contribution in [0.15, 0.2) is 23.8 Å². The average Bonchev–Trinajstić information content (AvgIpc) is 2.25. The highest BCUT2D eigenvalue weighted by Gasteiger charge is 1.96. The molecule has 15 heavy (non-hydrogen) atoms. The van der Waals surface area contributed by atoms with Crippen LogP contribution in [0.25, 0.3) is 0 Å². The third kappa shape index (κ3) is 9.78. The van der Waals surface area contributed by atoms with Crippen molar-refractivity contribution in [3.8, 4) is 0 Å². The van der Waals surface area contributed by atoms with Crippen LogP contribution in [0.5, 0.6) is 0 Å². The Morgan fingerprint density at radius 3 is 1.80 bits per heavy atom. The van der Waals surface area contributed by atoms with Crippen molar-refractivity contribution >= 4 is 0 Å². The van der Waals surface area contributed by atoms with Crippen LogP contribution in [0.4, 0.5) is 0 Å². The van der Waals surface area contributed by atoms with Gasteiger partial charge in [0.25, 0.3) is 0 Å². The lowest BCUT2D eigenvalue weighted by atomic mass is 10.0. The van der Waals surface area contributed by atoms with Gasteiger partial charge in [0.15, 0.2) is 0 Å². The maximum Gasteiger partial charge on any atom is -0.0317 e. The van der Waals surface area contributed by atoms with Gasteiger partial charge >= 0.3 is 0 Å². The minimum atomic E-state index is 1.31. The summed E-state index contributed by atoms with van der Waals surface area (Å²) in [7, 11) is 0. The Morgan fingerprint density at radius 1 is 0.867 bits per heavy atom. The average molecular weight is 208 g/mol. The van der Waals surface area contributed by atoms with E-state index in [-0.39, 0.29) is 0 Å². The van der Waals surface area contributed by atoms with Gasteiger partial charge < -0.3 is 0 Å². The van der Waals surface area contributed by atoms with Crippen LogP contribution in [0.1, 0.15) is 72.1 Å². The Morgan fingerprint density at radius 2 is 1.40 bits per heavy atom. The van der Waals surface area contributed by atoms with Crippen LogP contribution < -0.4 is 0 Å². The molecule has 0 aromatic rings. The van der Waals surface area contributed by atoms with Gasteiger partial charge in [0, 0.05) is 0 Å². The Balaban J connectivity index is 3.84. The maximum atomic E-state index is 2.32. The minimum absolute atomic E-state index is 1.31. The molecule has 0 radical (unpaired) electrons. The summed E-state index contributed by atoms with van der Waals surface area (Å²) in [5.74, 6) is 0. The lowest BCUT2D eigenvalue weighted by Gasteiger charge is -2.06. The van der Waals surface area contributed by atoms with Gasteiger partial charge in [-0.3, -0.25) is 0 Å². The molecule has 0 aromatic heterocycles. The van der Waals surface area contributed by atoms with Crippen LogP contribution in [0, 0.1) is 0 Å². The summed E-state index contributed by atoms with van der Waals surface area (Å²) < 4.78 is 0. The highest BCUT2D eigenvalue weighted by atomic mass is 14.0. The Kier molecular flexibility index (Phi) is 11.2. The predicted molar refractivity (Wildman–Crippen MR) is 71.2 cm³/mol. The molecule has 0 unspecified atom stereocenters. The van der Waals surface area contributed by atoms with Crippen molar-refractivity contribution in [1.82, 2.24) is 0 Å². The fourth-order valence-corrected chi connectivity index (χ4v) is 1.73. The Hall–Kier alpha value is -0.520. The quantitative estimate of drug-likeness (QED) is 0.339. The van der Waals surface area contributed by atoms with Crippen molar-refractivity contribution in [2.75, 3.05) is 0 Å². The third-order valence-corrected chi connectivity index (χ3v) is 2.73. The highest BCUT2D eigenvalue weighted by Crippen LogP contribution is 2.16. The van der Waals surface area contributed by atoms with Gasteiger partial charge in [0.05, 0.1) is 0 Å². The van der Waals surface area contributed by atoms with E-state index < -0.39 is 0 Å². The van der Waals surface area contributed by atoms with Gasteiger partial charge in [0.2, 0.25) is 0 Å². The number of rotatable bonds is 9. The smallest absolute Gasteiger partial charge is 0.0317 e. The van der Waals surface area contributed by atoms with Gasteiger partial charge in [-0.15, -0.1) is 0 Å². The topological polar surface area (TPSA) is 0 Å². The van der Waals surface area contributed by atoms with E-state index in [9.17, 15) is 0 Å². The molecule has 0 amide bonds. The zero-order chi connectivity index (χ0) is 11.4. The normalized spacial score (nSPS) is 10.9. The van der Waals surface area contributed by atoms with Crippen LogP contribution >= 0.6 is 0 Å². The first-order chi connectivity index (χ1) is 7.35. The van der Waals surface area contributed by atoms with Gasteiger partial charge in [-0.1, -0.05) is 63.3 Å². The lowest BCUT2D eigenvalue weighted by molar-refractivity contribution is 0.659. The van der Waals surface area contributed by atoms with Crippen LogP contribution in [0.2, 0.25) is 0 Å². The fourth-order valence-electron chi connectivity index (χ4n) is 1.73. The summed E-state index contributed by atoms with van der Waals surface area (Å²) in [6.45, 7) is 6.63. The monoisotopic (exact) mass is 208 g/mol. The molecule has 0 saturated carbocycles. The number of allylic oxidation sites excluding steroid dienone is 4. The molecule has 0 saturated heterocycles. The molecule has 0 aliphatic carbocycles. The van der Waals surface area contributed by atoms with E-state index in [1.165, 1.54) is 51.4 Å². The zero-order valence-electron chi connectivity index (χ0n) is 10.9. The van der Waals surface area contributed by atoms with Gasteiger partial charge in [-0.2, -0.15) is 0 Å². The second-order valence-corrected chi connectivity index (χ2v) is 4.26. The van der Waals surface area contributed by atoms with Gasteiger partial charge in [-0.25, -0.2) is 0 Å². The number of hydrogen-bond acceptors (Lipinski definition) is 0. The van der Waals surface area contributed by atoms with Crippen molar-refractivity contribution in [2.24, 2.45) is 0 Å². The van der Waals surface area contributed by atoms with E-state index in [0.29, 0.717) is 0 Å². The summed E-state index contributed by atoms with van der Waals surface area (Å²) >= 11 is 0. The molecule has 0 rings (SSSR count). The molecule has 0 fully saturated rings. The second-order valence-electron chi connectivity index (χ2n) is 4.26. The summed E-state index contributed by atoms with van der Waals surface area (Å²) in [5, 5.41) is 0. The SMILES string of the molecule is CC=CC=C(CCCCC)CCCCC. The van der Waals surface area contributed by atoms with Gasteiger partial charge in [0.1, 0.15) is 0 Å². The van der Waals surface area contributed by atoms with Crippen LogP contribution in [-0.2, 0) is 0 Å². The van der Waals surface area contributed by atoms with E-state index >= 15 is 0 Å². The molecular formula is C15H28. The first kappa shape index (κ1) is 14.5. The summed E-state index contributed by atoms with van der Waals surface area (Å²) in [4.78, 5) is 0. The molecule has 0 aliphatic heterocycles. The number of hydrogen-bond donors (Lipinski definition) is 0. The summed E-state index contributed by atoms with van der Waals surface area (Å²) in [6, 6.07) is 0. The van der Waals surface area contributed by atoms with Crippen LogP contribution in [-0.4, -0.2) is 0 Å². The van der Waals surface area contributed by atoms with Crippen LogP contribution in [0.3, 0.4) is 0 Å². The minimum Gasteiger partial charge on any atom is -0.0877 e. The summed E-state index contributed by atoms with van der Waals surface area (Å²) in [6.07, 6.45) is 17.4. The number of unbranched alkanes of at least 4 members (excludes halogenated alkanes) is 4. The molecule has 0 bridgehead atoms. The fraction of sp³-hybridized carbons (Fsp3) is 0.733.